The zero-order valence-corrected chi connectivity index (χ0v) is 13.3. The summed E-state index contributed by atoms with van der Waals surface area (Å²) >= 11 is 5.53. The summed E-state index contributed by atoms with van der Waals surface area (Å²) in [5, 5.41) is 1.94. The summed E-state index contributed by atoms with van der Waals surface area (Å²) in [4.78, 5) is 11.8. The second-order valence-corrected chi connectivity index (χ2v) is 5.20. The Morgan fingerprint density at radius 2 is 1.83 bits per heavy atom. The fourth-order valence-electron chi connectivity index (χ4n) is 1.89. The van der Waals surface area contributed by atoms with Crippen LogP contribution in [0.2, 0.25) is 5.02 Å². The van der Waals surface area contributed by atoms with Crippen LogP contribution in [0.15, 0.2) is 48.5 Å². The van der Waals surface area contributed by atoms with Gasteiger partial charge in [0, 0.05) is 11.8 Å². The molecule has 0 unspecified atom stereocenters. The van der Waals surface area contributed by atoms with Crippen LogP contribution in [0.1, 0.15) is 11.1 Å². The normalized spacial score (nSPS) is 11.5. The number of halogens is 4. The van der Waals surface area contributed by atoms with E-state index in [-0.39, 0.29) is 5.69 Å². The highest BCUT2D eigenvalue weighted by Gasteiger charge is 2.33. The van der Waals surface area contributed by atoms with Crippen molar-refractivity contribution < 1.29 is 22.7 Å². The van der Waals surface area contributed by atoms with Crippen LogP contribution in [0.4, 0.5) is 18.9 Å². The van der Waals surface area contributed by atoms with E-state index in [1.54, 1.807) is 31.4 Å². The molecule has 1 N–H and O–H groups in total. The summed E-state index contributed by atoms with van der Waals surface area (Å²) in [5.41, 5.74) is -0.241. The molecule has 2 aromatic rings. The molecule has 0 aliphatic heterocycles. The van der Waals surface area contributed by atoms with Crippen LogP contribution in [-0.4, -0.2) is 13.0 Å². The average molecular weight is 356 g/mol. The van der Waals surface area contributed by atoms with Gasteiger partial charge in [0.25, 0.3) is 0 Å². The lowest BCUT2D eigenvalue weighted by atomic mass is 10.2. The van der Waals surface area contributed by atoms with Crippen LogP contribution < -0.4 is 10.1 Å². The van der Waals surface area contributed by atoms with E-state index in [0.717, 1.165) is 17.7 Å². The molecule has 0 saturated heterocycles. The van der Waals surface area contributed by atoms with Crippen molar-refractivity contribution in [3.63, 3.8) is 0 Å². The van der Waals surface area contributed by atoms with Gasteiger partial charge in [0.1, 0.15) is 5.75 Å². The summed E-state index contributed by atoms with van der Waals surface area (Å²) in [6.07, 6.45) is -1.82. The van der Waals surface area contributed by atoms with Crippen LogP contribution in [0.25, 0.3) is 6.08 Å². The Balaban J connectivity index is 2.08. The molecule has 126 valence electrons. The molecule has 0 radical (unpaired) electrons. The lowest BCUT2D eigenvalue weighted by Crippen LogP contribution is -2.11. The van der Waals surface area contributed by atoms with Gasteiger partial charge in [0.05, 0.1) is 17.7 Å². The Bertz CT molecular complexity index is 755. The molecule has 0 heterocycles. The molecular weight excluding hydrogens is 343 g/mol. The van der Waals surface area contributed by atoms with Crippen molar-refractivity contribution in [1.82, 2.24) is 0 Å². The van der Waals surface area contributed by atoms with Crippen LogP contribution in [-0.2, 0) is 11.0 Å². The van der Waals surface area contributed by atoms with E-state index >= 15 is 0 Å². The smallest absolute Gasteiger partial charge is 0.417 e. The van der Waals surface area contributed by atoms with Crippen molar-refractivity contribution >= 4 is 29.3 Å². The van der Waals surface area contributed by atoms with Gasteiger partial charge in [-0.3, -0.25) is 4.79 Å². The highest BCUT2D eigenvalue weighted by Crippen LogP contribution is 2.36. The number of hydrogen-bond acceptors (Lipinski definition) is 2. The van der Waals surface area contributed by atoms with E-state index in [1.807, 2.05) is 0 Å². The minimum absolute atomic E-state index is 0.0103. The number of methoxy groups -OCH3 is 1. The van der Waals surface area contributed by atoms with Gasteiger partial charge in [0.2, 0.25) is 5.91 Å². The van der Waals surface area contributed by atoms with Crippen molar-refractivity contribution in [2.45, 2.75) is 6.18 Å². The molecule has 0 fully saturated rings. The van der Waals surface area contributed by atoms with Crippen LogP contribution in [0.3, 0.4) is 0 Å². The first-order chi connectivity index (χ1) is 11.3. The van der Waals surface area contributed by atoms with E-state index in [1.165, 1.54) is 18.2 Å². The number of alkyl halides is 3. The van der Waals surface area contributed by atoms with Crippen molar-refractivity contribution in [2.24, 2.45) is 0 Å². The number of amides is 1. The maximum Gasteiger partial charge on any atom is 0.417 e. The van der Waals surface area contributed by atoms with E-state index in [2.05, 4.69) is 5.32 Å². The first kappa shape index (κ1) is 17.9. The van der Waals surface area contributed by atoms with Crippen LogP contribution in [0.5, 0.6) is 5.75 Å². The summed E-state index contributed by atoms with van der Waals surface area (Å²) in [5.74, 6) is 0.124. The third-order valence-corrected chi connectivity index (χ3v) is 3.41. The molecule has 0 atom stereocenters. The SMILES string of the molecule is COc1ccc(/C=C/C(=O)Nc2ccc(Cl)c(C(F)(F)F)c2)cc1. The number of hydrogen-bond donors (Lipinski definition) is 1. The van der Waals surface area contributed by atoms with Gasteiger partial charge < -0.3 is 10.1 Å². The quantitative estimate of drug-likeness (QED) is 0.782. The van der Waals surface area contributed by atoms with Gasteiger partial charge in [-0.1, -0.05) is 23.7 Å². The van der Waals surface area contributed by atoms with E-state index in [0.29, 0.717) is 5.75 Å². The Morgan fingerprint density at radius 3 is 2.42 bits per heavy atom. The van der Waals surface area contributed by atoms with E-state index in [9.17, 15) is 18.0 Å². The first-order valence-electron chi connectivity index (χ1n) is 6.79. The maximum absolute atomic E-state index is 12.8. The van der Waals surface area contributed by atoms with Gasteiger partial charge in [-0.05, 0) is 42.0 Å². The largest absolute Gasteiger partial charge is 0.497 e. The van der Waals surface area contributed by atoms with Crippen LogP contribution in [0, 0.1) is 0 Å². The predicted octanol–water partition coefficient (Wildman–Crippen LogP) is 5.02. The number of benzene rings is 2. The summed E-state index contributed by atoms with van der Waals surface area (Å²) < 4.78 is 43.3. The minimum atomic E-state index is -4.59. The number of ether oxygens (including phenoxy) is 1. The average Bonchev–Trinajstić information content (AvgIpc) is 2.54. The van der Waals surface area contributed by atoms with Crippen molar-refractivity contribution in [3.05, 3.63) is 64.7 Å². The van der Waals surface area contributed by atoms with E-state index < -0.39 is 22.7 Å². The molecular formula is C17H13ClF3NO2. The second-order valence-electron chi connectivity index (χ2n) is 4.79. The maximum atomic E-state index is 12.8. The zero-order valence-electron chi connectivity index (χ0n) is 12.5. The molecule has 0 aromatic heterocycles. The molecule has 7 heteroatoms. The van der Waals surface area contributed by atoms with Gasteiger partial charge >= 0.3 is 6.18 Å². The lowest BCUT2D eigenvalue weighted by Gasteiger charge is -2.11. The van der Waals surface area contributed by atoms with Gasteiger partial charge in [-0.25, -0.2) is 0 Å². The number of nitrogens with one attached hydrogen (secondary N) is 1. The number of carbonyl (C=O) groups excluding carboxylic acids is 1. The fourth-order valence-corrected chi connectivity index (χ4v) is 2.12. The van der Waals surface area contributed by atoms with Crippen molar-refractivity contribution in [1.29, 1.82) is 0 Å². The molecule has 1 amide bonds. The molecule has 24 heavy (non-hydrogen) atoms. The molecule has 3 nitrogen and oxygen atoms in total. The second kappa shape index (κ2) is 7.40. The van der Waals surface area contributed by atoms with Gasteiger partial charge in [-0.15, -0.1) is 0 Å². The van der Waals surface area contributed by atoms with Gasteiger partial charge in [0.15, 0.2) is 0 Å². The zero-order chi connectivity index (χ0) is 17.7. The number of carbonyl (C=O) groups is 1. The predicted molar refractivity (Wildman–Crippen MR) is 87.1 cm³/mol. The van der Waals surface area contributed by atoms with Gasteiger partial charge in [-0.2, -0.15) is 13.2 Å². The standard InChI is InChI=1S/C17H13ClF3NO2/c1-24-13-6-2-11(3-7-13)4-9-16(23)22-12-5-8-15(18)14(10-12)17(19,20)21/h2-10H,1H3,(H,22,23)/b9-4+. The molecule has 0 saturated carbocycles. The lowest BCUT2D eigenvalue weighted by molar-refractivity contribution is -0.137. The highest BCUT2D eigenvalue weighted by atomic mass is 35.5. The van der Waals surface area contributed by atoms with Crippen LogP contribution >= 0.6 is 11.6 Å². The number of rotatable bonds is 4. The summed E-state index contributed by atoms with van der Waals surface area (Å²) in [6.45, 7) is 0. The molecule has 0 aliphatic carbocycles. The third kappa shape index (κ3) is 4.76. The highest BCUT2D eigenvalue weighted by molar-refractivity contribution is 6.31. The molecule has 0 spiro atoms. The Hall–Kier alpha value is -2.47. The Labute approximate surface area is 141 Å². The topological polar surface area (TPSA) is 38.3 Å². The fraction of sp³-hybridized carbons (Fsp3) is 0.118. The van der Waals surface area contributed by atoms with Crippen molar-refractivity contribution in [3.8, 4) is 5.75 Å². The Morgan fingerprint density at radius 1 is 1.17 bits per heavy atom. The summed E-state index contributed by atoms with van der Waals surface area (Å²) in [6, 6.07) is 10.1. The monoisotopic (exact) mass is 355 g/mol. The third-order valence-electron chi connectivity index (χ3n) is 3.08. The number of anilines is 1. The van der Waals surface area contributed by atoms with Crippen molar-refractivity contribution in [2.75, 3.05) is 12.4 Å². The first-order valence-corrected chi connectivity index (χ1v) is 7.17. The molecule has 0 aliphatic rings. The summed E-state index contributed by atoms with van der Waals surface area (Å²) in [7, 11) is 1.54. The Kier molecular flexibility index (Phi) is 5.51. The molecule has 2 rings (SSSR count). The van der Waals surface area contributed by atoms with E-state index in [4.69, 9.17) is 16.3 Å². The molecule has 0 bridgehead atoms. The minimum Gasteiger partial charge on any atom is -0.497 e. The molecule has 2 aromatic carbocycles.